The van der Waals surface area contributed by atoms with Gasteiger partial charge in [-0.15, -0.1) is 5.10 Å². The summed E-state index contributed by atoms with van der Waals surface area (Å²) < 4.78 is 1.92. The first kappa shape index (κ1) is 13.2. The highest BCUT2D eigenvalue weighted by Gasteiger charge is 2.16. The molecule has 2 aromatic heterocycles. The zero-order chi connectivity index (χ0) is 14.8. The second-order valence-corrected chi connectivity index (χ2v) is 5.86. The highest BCUT2D eigenvalue weighted by Crippen LogP contribution is 2.27. The number of allylic oxidation sites excluding steroid dienone is 2. The van der Waals surface area contributed by atoms with Gasteiger partial charge in [0.15, 0.2) is 0 Å². The molecule has 0 spiro atoms. The Bertz CT molecular complexity index is 819. The van der Waals surface area contributed by atoms with Gasteiger partial charge in [0, 0.05) is 23.7 Å². The van der Waals surface area contributed by atoms with Crippen LogP contribution in [0.4, 0.5) is 0 Å². The molecule has 110 valence electrons. The molecule has 2 heterocycles. The lowest BCUT2D eigenvalue weighted by Gasteiger charge is -2.13. The Labute approximate surface area is 129 Å². The lowest BCUT2D eigenvalue weighted by atomic mass is 9.92. The minimum atomic E-state index is 0.522. The van der Waals surface area contributed by atoms with E-state index in [-0.39, 0.29) is 0 Å². The van der Waals surface area contributed by atoms with Gasteiger partial charge in [0.2, 0.25) is 0 Å². The fraction of sp³-hybridized carbons (Fsp3) is 0.278. The average Bonchev–Trinajstić information content (AvgIpc) is 3.04. The maximum Gasteiger partial charge on any atom is 0.0861 e. The zero-order valence-electron chi connectivity index (χ0n) is 12.4. The molecule has 0 N–H and O–H groups in total. The van der Waals surface area contributed by atoms with Gasteiger partial charge in [-0.25, -0.2) is 4.68 Å². The normalized spacial score (nSPS) is 17.9. The summed E-state index contributed by atoms with van der Waals surface area (Å²) in [5.41, 5.74) is 3.29. The van der Waals surface area contributed by atoms with Crippen LogP contribution in [0.1, 0.15) is 36.4 Å². The summed E-state index contributed by atoms with van der Waals surface area (Å²) in [6.45, 7) is 0.716. The van der Waals surface area contributed by atoms with Crippen LogP contribution in [0.5, 0.6) is 0 Å². The second kappa shape index (κ2) is 5.72. The molecule has 1 atom stereocenters. The average molecular weight is 290 g/mol. The van der Waals surface area contributed by atoms with Gasteiger partial charge in [-0.2, -0.15) is 0 Å². The monoisotopic (exact) mass is 290 g/mol. The van der Waals surface area contributed by atoms with Crippen molar-refractivity contribution in [2.75, 3.05) is 0 Å². The lowest BCUT2D eigenvalue weighted by molar-refractivity contribution is 0.598. The number of para-hydroxylation sites is 1. The standard InChI is InChI=1S/C18H18N4/c1-2-6-15(7-3-1)18-13-22(21-20-18)12-14-10-16-8-4-5-9-17(16)19-11-14/h1-2,4-5,8-11,13,15H,3,6-7,12H2. The third-order valence-electron chi connectivity index (χ3n) is 4.24. The second-order valence-electron chi connectivity index (χ2n) is 5.86. The molecule has 0 fully saturated rings. The first-order valence-corrected chi connectivity index (χ1v) is 7.77. The van der Waals surface area contributed by atoms with Crippen molar-refractivity contribution in [1.29, 1.82) is 0 Å². The number of hydrogen-bond acceptors (Lipinski definition) is 3. The van der Waals surface area contributed by atoms with Crippen LogP contribution in [-0.2, 0) is 6.54 Å². The fourth-order valence-corrected chi connectivity index (χ4v) is 3.03. The summed E-state index contributed by atoms with van der Waals surface area (Å²) in [4.78, 5) is 4.50. The van der Waals surface area contributed by atoms with Crippen LogP contribution < -0.4 is 0 Å². The molecule has 0 saturated carbocycles. The molecule has 0 saturated heterocycles. The van der Waals surface area contributed by atoms with Crippen LogP contribution in [0.3, 0.4) is 0 Å². The van der Waals surface area contributed by atoms with E-state index in [0.717, 1.165) is 35.0 Å². The number of nitrogens with zero attached hydrogens (tertiary/aromatic N) is 4. The molecule has 1 aliphatic carbocycles. The third-order valence-corrected chi connectivity index (χ3v) is 4.24. The van der Waals surface area contributed by atoms with E-state index in [1.54, 1.807) is 0 Å². The molecule has 0 radical (unpaired) electrons. The number of hydrogen-bond donors (Lipinski definition) is 0. The maximum atomic E-state index is 4.50. The van der Waals surface area contributed by atoms with E-state index in [0.29, 0.717) is 12.5 Å². The van der Waals surface area contributed by atoms with Crippen molar-refractivity contribution in [3.05, 3.63) is 66.1 Å². The van der Waals surface area contributed by atoms with Gasteiger partial charge in [0.05, 0.1) is 17.8 Å². The largest absolute Gasteiger partial charge is 0.256 e. The number of rotatable bonds is 3. The Morgan fingerprint density at radius 3 is 3.05 bits per heavy atom. The molecule has 0 aliphatic heterocycles. The van der Waals surface area contributed by atoms with Crippen molar-refractivity contribution in [2.24, 2.45) is 0 Å². The van der Waals surface area contributed by atoms with E-state index >= 15 is 0 Å². The summed E-state index contributed by atoms with van der Waals surface area (Å²) in [5.74, 6) is 0.522. The minimum absolute atomic E-state index is 0.522. The molecule has 1 unspecified atom stereocenters. The van der Waals surface area contributed by atoms with Crippen LogP contribution in [0.2, 0.25) is 0 Å². The van der Waals surface area contributed by atoms with Gasteiger partial charge in [-0.3, -0.25) is 4.98 Å². The van der Waals surface area contributed by atoms with Crippen molar-refractivity contribution in [1.82, 2.24) is 20.0 Å². The zero-order valence-corrected chi connectivity index (χ0v) is 12.4. The van der Waals surface area contributed by atoms with Crippen molar-refractivity contribution >= 4 is 10.9 Å². The maximum absolute atomic E-state index is 4.50. The van der Waals surface area contributed by atoms with E-state index in [4.69, 9.17) is 0 Å². The highest BCUT2D eigenvalue weighted by atomic mass is 15.4. The molecule has 4 rings (SSSR count). The summed E-state index contributed by atoms with van der Waals surface area (Å²) in [7, 11) is 0. The summed E-state index contributed by atoms with van der Waals surface area (Å²) in [6, 6.07) is 10.3. The number of pyridine rings is 1. The molecule has 3 aromatic rings. The quantitative estimate of drug-likeness (QED) is 0.691. The smallest absolute Gasteiger partial charge is 0.0861 e. The van der Waals surface area contributed by atoms with Gasteiger partial charge in [0.1, 0.15) is 0 Å². The van der Waals surface area contributed by atoms with Crippen LogP contribution in [0, 0.1) is 0 Å². The number of benzene rings is 1. The van der Waals surface area contributed by atoms with Crippen molar-refractivity contribution in [2.45, 2.75) is 31.7 Å². The van der Waals surface area contributed by atoms with Crippen molar-refractivity contribution < 1.29 is 0 Å². The topological polar surface area (TPSA) is 43.6 Å². The van der Waals surface area contributed by atoms with Gasteiger partial charge in [0.25, 0.3) is 0 Å². The molecule has 0 amide bonds. The summed E-state index contributed by atoms with van der Waals surface area (Å²) in [6.07, 6.45) is 11.9. The Morgan fingerprint density at radius 2 is 2.14 bits per heavy atom. The minimum Gasteiger partial charge on any atom is -0.256 e. The molecule has 0 bridgehead atoms. The molecule has 22 heavy (non-hydrogen) atoms. The van der Waals surface area contributed by atoms with E-state index in [2.05, 4.69) is 45.8 Å². The molecule has 4 heteroatoms. The van der Waals surface area contributed by atoms with Crippen LogP contribution >= 0.6 is 0 Å². The fourth-order valence-electron chi connectivity index (χ4n) is 3.03. The number of aromatic nitrogens is 4. The Morgan fingerprint density at radius 1 is 1.18 bits per heavy atom. The highest BCUT2D eigenvalue weighted by molar-refractivity contribution is 5.78. The van der Waals surface area contributed by atoms with E-state index in [1.165, 1.54) is 6.42 Å². The molecule has 1 aromatic carbocycles. The Hall–Kier alpha value is -2.49. The first-order chi connectivity index (χ1) is 10.9. The molecule has 4 nitrogen and oxygen atoms in total. The summed E-state index contributed by atoms with van der Waals surface area (Å²) in [5, 5.41) is 9.80. The Balaban J connectivity index is 1.54. The van der Waals surface area contributed by atoms with Gasteiger partial charge in [-0.05, 0) is 37.0 Å². The van der Waals surface area contributed by atoms with E-state index in [9.17, 15) is 0 Å². The molecular formula is C18H18N4. The van der Waals surface area contributed by atoms with Crippen LogP contribution in [0.15, 0.2) is 54.9 Å². The van der Waals surface area contributed by atoms with E-state index < -0.39 is 0 Å². The van der Waals surface area contributed by atoms with Crippen LogP contribution in [0.25, 0.3) is 10.9 Å². The Kier molecular flexibility index (Phi) is 3.43. The number of fused-ring (bicyclic) bond motifs is 1. The van der Waals surface area contributed by atoms with Crippen molar-refractivity contribution in [3.63, 3.8) is 0 Å². The molecular weight excluding hydrogens is 272 g/mol. The summed E-state index contributed by atoms with van der Waals surface area (Å²) >= 11 is 0. The van der Waals surface area contributed by atoms with Crippen LogP contribution in [-0.4, -0.2) is 20.0 Å². The first-order valence-electron chi connectivity index (χ1n) is 7.77. The third kappa shape index (κ3) is 2.64. The predicted molar refractivity (Wildman–Crippen MR) is 86.6 cm³/mol. The van der Waals surface area contributed by atoms with E-state index in [1.807, 2.05) is 29.1 Å². The van der Waals surface area contributed by atoms with Gasteiger partial charge >= 0.3 is 0 Å². The van der Waals surface area contributed by atoms with Gasteiger partial charge in [-0.1, -0.05) is 35.6 Å². The predicted octanol–water partition coefficient (Wildman–Crippen LogP) is 3.70. The lowest BCUT2D eigenvalue weighted by Crippen LogP contribution is -2.02. The molecule has 1 aliphatic rings. The SMILES string of the molecule is C1=CCC(c2cn(Cc3cnc4ccccc4c3)nn2)CC1. The van der Waals surface area contributed by atoms with Gasteiger partial charge < -0.3 is 0 Å². The van der Waals surface area contributed by atoms with Crippen molar-refractivity contribution in [3.8, 4) is 0 Å².